The van der Waals surface area contributed by atoms with E-state index in [9.17, 15) is 4.39 Å². The number of nitrogens with zero attached hydrogens (tertiary/aromatic N) is 2. The summed E-state index contributed by atoms with van der Waals surface area (Å²) in [4.78, 5) is 7.53. The summed E-state index contributed by atoms with van der Waals surface area (Å²) in [6, 6.07) is 0. The first-order valence-corrected chi connectivity index (χ1v) is 5.17. The van der Waals surface area contributed by atoms with Crippen molar-refractivity contribution in [1.82, 2.24) is 9.97 Å². The number of halogens is 1. The maximum atomic E-state index is 13.2. The molecule has 0 unspecified atom stereocenters. The molecule has 0 atom stereocenters. The summed E-state index contributed by atoms with van der Waals surface area (Å²) < 4.78 is 28.3. The molecule has 0 fully saturated rings. The van der Waals surface area contributed by atoms with E-state index < -0.39 is 5.82 Å². The summed E-state index contributed by atoms with van der Waals surface area (Å²) in [6.45, 7) is 1.57. The van der Waals surface area contributed by atoms with E-state index >= 15 is 0 Å². The Hall–Kier alpha value is -1.47. The molecule has 0 saturated carbocycles. The third-order valence-corrected chi connectivity index (χ3v) is 1.83. The van der Waals surface area contributed by atoms with E-state index in [0.717, 1.165) is 6.20 Å². The molecule has 1 N–H and O–H groups in total. The quantitative estimate of drug-likeness (QED) is 0.680. The van der Waals surface area contributed by atoms with Gasteiger partial charge in [0.25, 0.3) is 5.88 Å². The highest BCUT2D eigenvalue weighted by molar-refractivity contribution is 5.27. The zero-order valence-electron chi connectivity index (χ0n) is 9.90. The van der Waals surface area contributed by atoms with Crippen LogP contribution in [0.25, 0.3) is 0 Å². The molecule has 0 spiro atoms. The first-order chi connectivity index (χ1) is 8.27. The van der Waals surface area contributed by atoms with Crippen LogP contribution in [0.15, 0.2) is 6.20 Å². The fourth-order valence-corrected chi connectivity index (χ4v) is 1.01. The van der Waals surface area contributed by atoms with Gasteiger partial charge in [-0.2, -0.15) is 9.37 Å². The van der Waals surface area contributed by atoms with Gasteiger partial charge in [-0.05, 0) is 0 Å². The van der Waals surface area contributed by atoms with E-state index in [1.807, 2.05) is 0 Å². The van der Waals surface area contributed by atoms with Gasteiger partial charge in [0, 0.05) is 14.2 Å². The Balaban J connectivity index is 2.30. The number of nitrogens with one attached hydrogen (secondary N) is 1. The number of methoxy groups -OCH3 is 1. The van der Waals surface area contributed by atoms with Crippen molar-refractivity contribution in [3.8, 4) is 5.88 Å². The lowest BCUT2D eigenvalue weighted by molar-refractivity contribution is 0.0529. The number of ether oxygens (including phenoxy) is 3. The highest BCUT2D eigenvalue weighted by Crippen LogP contribution is 2.13. The van der Waals surface area contributed by atoms with Crippen molar-refractivity contribution < 1.29 is 18.6 Å². The predicted molar refractivity (Wildman–Crippen MR) is 59.7 cm³/mol. The molecule has 0 saturated heterocycles. The van der Waals surface area contributed by atoms with E-state index in [0.29, 0.717) is 25.8 Å². The fraction of sp³-hybridized carbons (Fsp3) is 0.600. The van der Waals surface area contributed by atoms with Crippen LogP contribution in [0.2, 0.25) is 0 Å². The molecular weight excluding hydrogens is 229 g/mol. The molecule has 1 rings (SSSR count). The fourth-order valence-electron chi connectivity index (χ4n) is 1.01. The van der Waals surface area contributed by atoms with Crippen LogP contribution in [0.4, 0.5) is 10.3 Å². The zero-order valence-corrected chi connectivity index (χ0v) is 9.90. The second-order valence-electron chi connectivity index (χ2n) is 3.05. The van der Waals surface area contributed by atoms with Gasteiger partial charge in [0.2, 0.25) is 11.8 Å². The van der Waals surface area contributed by atoms with Gasteiger partial charge in [0.1, 0.15) is 6.61 Å². The molecule has 7 heteroatoms. The summed E-state index contributed by atoms with van der Waals surface area (Å²) in [5.74, 6) is -0.373. The average molecular weight is 245 g/mol. The SMILES string of the molecule is CNc1ncc(F)c(OCCOCCOC)n1. The molecule has 1 aromatic heterocycles. The van der Waals surface area contributed by atoms with Crippen LogP contribution < -0.4 is 10.1 Å². The Bertz CT molecular complexity index is 339. The van der Waals surface area contributed by atoms with Crippen LogP contribution in [-0.2, 0) is 9.47 Å². The topological polar surface area (TPSA) is 65.5 Å². The molecule has 1 heterocycles. The van der Waals surface area contributed by atoms with Crippen LogP contribution in [0.5, 0.6) is 5.88 Å². The smallest absolute Gasteiger partial charge is 0.255 e. The lowest BCUT2D eigenvalue weighted by Crippen LogP contribution is -2.12. The number of rotatable bonds is 8. The van der Waals surface area contributed by atoms with Gasteiger partial charge in [0.15, 0.2) is 0 Å². The van der Waals surface area contributed by atoms with Crippen molar-refractivity contribution in [3.63, 3.8) is 0 Å². The number of aromatic nitrogens is 2. The van der Waals surface area contributed by atoms with Crippen LogP contribution in [0, 0.1) is 5.82 Å². The maximum absolute atomic E-state index is 13.2. The second-order valence-corrected chi connectivity index (χ2v) is 3.05. The minimum Gasteiger partial charge on any atom is -0.473 e. The first kappa shape index (κ1) is 13.6. The molecule has 0 aliphatic carbocycles. The molecule has 0 aliphatic heterocycles. The predicted octanol–water partition coefficient (Wildman–Crippen LogP) is 0.699. The summed E-state index contributed by atoms with van der Waals surface area (Å²) in [5.41, 5.74) is 0. The van der Waals surface area contributed by atoms with Crippen LogP contribution in [0.1, 0.15) is 0 Å². The molecule has 0 radical (unpaired) electrons. The van der Waals surface area contributed by atoms with Crippen molar-refractivity contribution in [3.05, 3.63) is 12.0 Å². The van der Waals surface area contributed by atoms with Gasteiger partial charge in [0.05, 0.1) is 26.0 Å². The van der Waals surface area contributed by atoms with Gasteiger partial charge in [-0.1, -0.05) is 0 Å². The highest BCUT2D eigenvalue weighted by atomic mass is 19.1. The number of hydrogen-bond acceptors (Lipinski definition) is 6. The van der Waals surface area contributed by atoms with Crippen molar-refractivity contribution in [2.24, 2.45) is 0 Å². The minimum atomic E-state index is -0.596. The largest absolute Gasteiger partial charge is 0.473 e. The monoisotopic (exact) mass is 245 g/mol. The maximum Gasteiger partial charge on any atom is 0.255 e. The Morgan fingerprint density at radius 1 is 1.29 bits per heavy atom. The molecule has 1 aromatic rings. The third kappa shape index (κ3) is 4.92. The Morgan fingerprint density at radius 3 is 2.76 bits per heavy atom. The summed E-state index contributed by atoms with van der Waals surface area (Å²) in [6.07, 6.45) is 1.06. The summed E-state index contributed by atoms with van der Waals surface area (Å²) >= 11 is 0. The molecule has 0 amide bonds. The first-order valence-electron chi connectivity index (χ1n) is 5.17. The summed E-state index contributed by atoms with van der Waals surface area (Å²) in [7, 11) is 3.24. The molecular formula is C10H16FN3O3. The van der Waals surface area contributed by atoms with E-state index in [1.165, 1.54) is 0 Å². The Kier molecular flexibility index (Phi) is 6.19. The molecule has 6 nitrogen and oxygen atoms in total. The van der Waals surface area contributed by atoms with E-state index in [-0.39, 0.29) is 12.5 Å². The second kappa shape index (κ2) is 7.75. The van der Waals surface area contributed by atoms with Gasteiger partial charge < -0.3 is 19.5 Å². The van der Waals surface area contributed by atoms with Crippen molar-refractivity contribution in [2.75, 3.05) is 45.9 Å². The van der Waals surface area contributed by atoms with Gasteiger partial charge >= 0.3 is 0 Å². The van der Waals surface area contributed by atoms with E-state index in [4.69, 9.17) is 14.2 Å². The van der Waals surface area contributed by atoms with E-state index in [1.54, 1.807) is 14.2 Å². The zero-order chi connectivity index (χ0) is 12.5. The number of hydrogen-bond donors (Lipinski definition) is 1. The van der Waals surface area contributed by atoms with Crippen molar-refractivity contribution in [1.29, 1.82) is 0 Å². The summed E-state index contributed by atoms with van der Waals surface area (Å²) in [5, 5.41) is 2.70. The van der Waals surface area contributed by atoms with Crippen LogP contribution in [-0.4, -0.2) is 50.6 Å². The van der Waals surface area contributed by atoms with Gasteiger partial charge in [-0.3, -0.25) is 0 Å². The Morgan fingerprint density at radius 2 is 2.06 bits per heavy atom. The molecule has 96 valence electrons. The number of anilines is 1. The molecule has 0 aliphatic rings. The average Bonchev–Trinajstić information content (AvgIpc) is 2.35. The highest BCUT2D eigenvalue weighted by Gasteiger charge is 2.07. The van der Waals surface area contributed by atoms with Crippen LogP contribution >= 0.6 is 0 Å². The molecule has 17 heavy (non-hydrogen) atoms. The molecule has 0 aromatic carbocycles. The van der Waals surface area contributed by atoms with Crippen molar-refractivity contribution in [2.45, 2.75) is 0 Å². The Labute approximate surface area is 99.1 Å². The normalized spacial score (nSPS) is 10.3. The van der Waals surface area contributed by atoms with E-state index in [2.05, 4.69) is 15.3 Å². The van der Waals surface area contributed by atoms with Crippen LogP contribution in [0.3, 0.4) is 0 Å². The molecule has 0 bridgehead atoms. The lowest BCUT2D eigenvalue weighted by Gasteiger charge is -2.07. The lowest BCUT2D eigenvalue weighted by atomic mass is 10.6. The standard InChI is InChI=1S/C10H16FN3O3/c1-12-10-13-7-8(11)9(14-10)17-6-5-16-4-3-15-2/h7H,3-6H2,1-2H3,(H,12,13,14). The minimum absolute atomic E-state index is 0.0836. The van der Waals surface area contributed by atoms with Crippen molar-refractivity contribution >= 4 is 5.95 Å². The van der Waals surface area contributed by atoms with Gasteiger partial charge in [-0.15, -0.1) is 0 Å². The van der Waals surface area contributed by atoms with Gasteiger partial charge in [-0.25, -0.2) is 4.98 Å². The third-order valence-electron chi connectivity index (χ3n) is 1.83.